The van der Waals surface area contributed by atoms with Gasteiger partial charge in [0.15, 0.2) is 0 Å². The Morgan fingerprint density at radius 2 is 2.00 bits per heavy atom. The van der Waals surface area contributed by atoms with Gasteiger partial charge in [-0.1, -0.05) is 27.2 Å². The SMILES string of the molecule is CC(C)C1CC[C@@H](C)C[C@H]1[C@H](CCN)C(=O)O. The van der Waals surface area contributed by atoms with Gasteiger partial charge in [-0.25, -0.2) is 0 Å². The summed E-state index contributed by atoms with van der Waals surface area (Å²) in [5, 5.41) is 9.39. The number of carbonyl (C=O) groups is 1. The van der Waals surface area contributed by atoms with E-state index in [1.54, 1.807) is 0 Å². The largest absolute Gasteiger partial charge is 0.481 e. The second kappa shape index (κ2) is 6.39. The zero-order chi connectivity index (χ0) is 13.0. The predicted molar refractivity (Wildman–Crippen MR) is 69.6 cm³/mol. The van der Waals surface area contributed by atoms with Crippen LogP contribution in [0.1, 0.15) is 46.5 Å². The average molecular weight is 241 g/mol. The standard InChI is InChI=1S/C14H27NO2/c1-9(2)11-5-4-10(3)8-13(11)12(6-7-15)14(16)17/h9-13H,4-8,15H2,1-3H3,(H,16,17)/t10-,11?,12+,13-/m1/s1. The molecule has 0 saturated heterocycles. The number of carboxylic acid groups (broad SMARTS) is 1. The van der Waals surface area contributed by atoms with Crippen molar-refractivity contribution in [2.45, 2.75) is 46.5 Å². The fourth-order valence-corrected chi connectivity index (χ4v) is 3.44. The lowest BCUT2D eigenvalue weighted by Crippen LogP contribution is -2.37. The second-order valence-electron chi connectivity index (χ2n) is 6.01. The summed E-state index contributed by atoms with van der Waals surface area (Å²) in [4.78, 5) is 11.4. The van der Waals surface area contributed by atoms with Crippen LogP contribution in [0.4, 0.5) is 0 Å². The van der Waals surface area contributed by atoms with Gasteiger partial charge in [-0.3, -0.25) is 4.79 Å². The van der Waals surface area contributed by atoms with Crippen molar-refractivity contribution in [3.63, 3.8) is 0 Å². The molecule has 1 rings (SSSR count). The second-order valence-corrected chi connectivity index (χ2v) is 6.01. The van der Waals surface area contributed by atoms with Crippen molar-refractivity contribution in [2.75, 3.05) is 6.54 Å². The van der Waals surface area contributed by atoms with Gasteiger partial charge < -0.3 is 10.8 Å². The zero-order valence-corrected chi connectivity index (χ0v) is 11.4. The highest BCUT2D eigenvalue weighted by molar-refractivity contribution is 5.70. The number of hydrogen-bond acceptors (Lipinski definition) is 2. The van der Waals surface area contributed by atoms with E-state index in [0.29, 0.717) is 36.6 Å². The molecule has 0 spiro atoms. The maximum Gasteiger partial charge on any atom is 0.306 e. The topological polar surface area (TPSA) is 63.3 Å². The molecule has 1 aliphatic rings. The van der Waals surface area contributed by atoms with Gasteiger partial charge in [-0.05, 0) is 49.5 Å². The van der Waals surface area contributed by atoms with Gasteiger partial charge in [0.1, 0.15) is 0 Å². The van der Waals surface area contributed by atoms with Crippen LogP contribution >= 0.6 is 0 Å². The Balaban J connectivity index is 2.82. The van der Waals surface area contributed by atoms with E-state index in [0.717, 1.165) is 6.42 Å². The molecule has 0 aromatic rings. The third kappa shape index (κ3) is 3.70. The third-order valence-corrected chi connectivity index (χ3v) is 4.39. The Bertz CT molecular complexity index is 253. The third-order valence-electron chi connectivity index (χ3n) is 4.39. The number of carboxylic acids is 1. The van der Waals surface area contributed by atoms with Crippen molar-refractivity contribution < 1.29 is 9.90 Å². The van der Waals surface area contributed by atoms with Crippen LogP contribution in [0, 0.1) is 29.6 Å². The molecule has 0 radical (unpaired) electrons. The smallest absolute Gasteiger partial charge is 0.306 e. The van der Waals surface area contributed by atoms with E-state index in [4.69, 9.17) is 5.73 Å². The maximum absolute atomic E-state index is 11.4. The van der Waals surface area contributed by atoms with Crippen molar-refractivity contribution in [3.8, 4) is 0 Å². The summed E-state index contributed by atoms with van der Waals surface area (Å²) < 4.78 is 0. The lowest BCUT2D eigenvalue weighted by Gasteiger charge is -2.40. The molecule has 1 unspecified atom stereocenters. The van der Waals surface area contributed by atoms with Crippen molar-refractivity contribution in [2.24, 2.45) is 35.3 Å². The normalized spacial score (nSPS) is 31.5. The molecule has 4 atom stereocenters. The van der Waals surface area contributed by atoms with Gasteiger partial charge in [-0.2, -0.15) is 0 Å². The molecule has 0 aromatic heterocycles. The van der Waals surface area contributed by atoms with Crippen LogP contribution in [0.5, 0.6) is 0 Å². The summed E-state index contributed by atoms with van der Waals surface area (Å²) in [6.07, 6.45) is 4.10. The summed E-state index contributed by atoms with van der Waals surface area (Å²) in [5.41, 5.74) is 5.57. The molecule has 1 fully saturated rings. The molecule has 3 N–H and O–H groups in total. The Hall–Kier alpha value is -0.570. The quantitative estimate of drug-likeness (QED) is 0.778. The van der Waals surface area contributed by atoms with Crippen LogP contribution in [0.25, 0.3) is 0 Å². The Morgan fingerprint density at radius 1 is 1.35 bits per heavy atom. The molecular weight excluding hydrogens is 214 g/mol. The van der Waals surface area contributed by atoms with Crippen LogP contribution in [0.15, 0.2) is 0 Å². The zero-order valence-electron chi connectivity index (χ0n) is 11.4. The first-order valence-electron chi connectivity index (χ1n) is 6.90. The lowest BCUT2D eigenvalue weighted by molar-refractivity contribution is -0.146. The van der Waals surface area contributed by atoms with Crippen LogP contribution in [-0.2, 0) is 4.79 Å². The van der Waals surface area contributed by atoms with Gasteiger partial charge in [-0.15, -0.1) is 0 Å². The summed E-state index contributed by atoms with van der Waals surface area (Å²) >= 11 is 0. The van der Waals surface area contributed by atoms with E-state index in [1.807, 2.05) is 0 Å². The Morgan fingerprint density at radius 3 is 2.47 bits per heavy atom. The van der Waals surface area contributed by atoms with Crippen molar-refractivity contribution in [1.82, 2.24) is 0 Å². The summed E-state index contributed by atoms with van der Waals surface area (Å²) in [5.74, 6) is 1.22. The summed E-state index contributed by atoms with van der Waals surface area (Å²) in [6, 6.07) is 0. The molecule has 0 aliphatic heterocycles. The predicted octanol–water partition coefficient (Wildman–Crippen LogP) is 2.74. The maximum atomic E-state index is 11.4. The minimum Gasteiger partial charge on any atom is -0.481 e. The number of aliphatic carboxylic acids is 1. The number of nitrogens with two attached hydrogens (primary N) is 1. The van der Waals surface area contributed by atoms with Crippen LogP contribution in [-0.4, -0.2) is 17.6 Å². The van der Waals surface area contributed by atoms with Crippen molar-refractivity contribution in [1.29, 1.82) is 0 Å². The Kier molecular flexibility index (Phi) is 5.44. The highest BCUT2D eigenvalue weighted by atomic mass is 16.4. The van der Waals surface area contributed by atoms with E-state index >= 15 is 0 Å². The molecule has 3 nitrogen and oxygen atoms in total. The first-order chi connectivity index (χ1) is 7.97. The molecule has 3 heteroatoms. The van der Waals surface area contributed by atoms with Gasteiger partial charge in [0.25, 0.3) is 0 Å². The minimum absolute atomic E-state index is 0.241. The van der Waals surface area contributed by atoms with Crippen molar-refractivity contribution in [3.05, 3.63) is 0 Å². The molecule has 0 heterocycles. The van der Waals surface area contributed by atoms with Crippen LogP contribution in [0.2, 0.25) is 0 Å². The fraction of sp³-hybridized carbons (Fsp3) is 0.929. The summed E-state index contributed by atoms with van der Waals surface area (Å²) in [6.45, 7) is 7.15. The molecule has 100 valence electrons. The number of rotatable bonds is 5. The first-order valence-corrected chi connectivity index (χ1v) is 6.90. The first kappa shape index (κ1) is 14.5. The van der Waals surface area contributed by atoms with E-state index in [2.05, 4.69) is 20.8 Å². The Labute approximate surface area is 105 Å². The molecular formula is C14H27NO2. The van der Waals surface area contributed by atoms with Crippen LogP contribution in [0.3, 0.4) is 0 Å². The molecule has 0 aromatic carbocycles. The monoisotopic (exact) mass is 241 g/mol. The van der Waals surface area contributed by atoms with E-state index in [1.165, 1.54) is 12.8 Å². The minimum atomic E-state index is -0.653. The van der Waals surface area contributed by atoms with Gasteiger partial charge in [0, 0.05) is 0 Å². The van der Waals surface area contributed by atoms with E-state index < -0.39 is 5.97 Å². The molecule has 1 saturated carbocycles. The number of hydrogen-bond donors (Lipinski definition) is 2. The average Bonchev–Trinajstić information content (AvgIpc) is 2.24. The molecule has 0 bridgehead atoms. The van der Waals surface area contributed by atoms with Gasteiger partial charge in [0.2, 0.25) is 0 Å². The molecule has 1 aliphatic carbocycles. The molecule has 17 heavy (non-hydrogen) atoms. The van der Waals surface area contributed by atoms with Crippen LogP contribution < -0.4 is 5.73 Å². The van der Waals surface area contributed by atoms with Gasteiger partial charge >= 0.3 is 5.97 Å². The highest BCUT2D eigenvalue weighted by Gasteiger charge is 2.38. The summed E-state index contributed by atoms with van der Waals surface area (Å²) in [7, 11) is 0. The lowest BCUT2D eigenvalue weighted by atomic mass is 9.65. The van der Waals surface area contributed by atoms with E-state index in [-0.39, 0.29) is 5.92 Å². The van der Waals surface area contributed by atoms with Crippen molar-refractivity contribution >= 4 is 5.97 Å². The molecule has 0 amide bonds. The highest BCUT2D eigenvalue weighted by Crippen LogP contribution is 2.42. The van der Waals surface area contributed by atoms with Gasteiger partial charge in [0.05, 0.1) is 5.92 Å². The van der Waals surface area contributed by atoms with E-state index in [9.17, 15) is 9.90 Å². The fourth-order valence-electron chi connectivity index (χ4n) is 3.44.